The van der Waals surface area contributed by atoms with Gasteiger partial charge in [-0.2, -0.15) is 13.2 Å². The molecule has 0 bridgehead atoms. The van der Waals surface area contributed by atoms with Crippen LogP contribution in [0.2, 0.25) is 0 Å². The Morgan fingerprint density at radius 3 is 2.55 bits per heavy atom. The van der Waals surface area contributed by atoms with E-state index in [1.807, 2.05) is 0 Å². The van der Waals surface area contributed by atoms with Gasteiger partial charge >= 0.3 is 6.18 Å². The third-order valence-corrected chi connectivity index (χ3v) is 4.27. The van der Waals surface area contributed by atoms with Crippen LogP contribution in [0.5, 0.6) is 0 Å². The molecule has 1 aromatic carbocycles. The second kappa shape index (κ2) is 6.53. The first-order valence-electron chi connectivity index (χ1n) is 5.70. The van der Waals surface area contributed by atoms with E-state index < -0.39 is 22.5 Å². The summed E-state index contributed by atoms with van der Waals surface area (Å²) in [7, 11) is -1.04. The molecule has 8 heteroatoms. The quantitative estimate of drug-likeness (QED) is 0.817. The molecule has 112 valence electrons. The van der Waals surface area contributed by atoms with Gasteiger partial charge in [0.05, 0.1) is 5.56 Å². The maximum absolute atomic E-state index is 12.9. The van der Waals surface area contributed by atoms with Gasteiger partial charge in [-0.15, -0.1) is 0 Å². The number of nitrogens with one attached hydrogen (secondary N) is 1. The number of alkyl halides is 3. The van der Waals surface area contributed by atoms with E-state index in [1.165, 1.54) is 12.1 Å². The second-order valence-electron chi connectivity index (χ2n) is 4.31. The molecule has 0 saturated heterocycles. The standard InChI is InChI=1S/C12H15F3N2OS2/c1-7(20(2)18)6-17-8-3-4-9(11(16)19)10(5-8)12(13,14)15/h3-5,7,17H,6H2,1-2H3,(H2,16,19). The summed E-state index contributed by atoms with van der Waals surface area (Å²) in [6, 6.07) is 3.66. The summed E-state index contributed by atoms with van der Waals surface area (Å²) in [5.41, 5.74) is 4.50. The fraction of sp³-hybridized carbons (Fsp3) is 0.417. The Morgan fingerprint density at radius 2 is 2.10 bits per heavy atom. The Balaban J connectivity index is 3.02. The van der Waals surface area contributed by atoms with Crippen LogP contribution in [0.4, 0.5) is 18.9 Å². The third-order valence-electron chi connectivity index (χ3n) is 2.75. The zero-order valence-electron chi connectivity index (χ0n) is 11.0. The lowest BCUT2D eigenvalue weighted by Gasteiger charge is -2.16. The minimum Gasteiger partial charge on any atom is -0.389 e. The van der Waals surface area contributed by atoms with E-state index in [2.05, 4.69) is 17.5 Å². The van der Waals surface area contributed by atoms with Crippen LogP contribution in [-0.2, 0) is 17.0 Å². The molecule has 3 N–H and O–H groups in total. The van der Waals surface area contributed by atoms with Crippen LogP contribution in [0.25, 0.3) is 0 Å². The molecule has 1 aromatic rings. The van der Waals surface area contributed by atoms with Gasteiger partial charge in [0, 0.05) is 40.1 Å². The van der Waals surface area contributed by atoms with Gasteiger partial charge in [0.2, 0.25) is 0 Å². The van der Waals surface area contributed by atoms with Crippen molar-refractivity contribution in [3.63, 3.8) is 0 Å². The maximum atomic E-state index is 12.9. The molecule has 0 spiro atoms. The highest BCUT2D eigenvalue weighted by atomic mass is 32.2. The largest absolute Gasteiger partial charge is 0.417 e. The lowest BCUT2D eigenvalue weighted by atomic mass is 10.1. The van der Waals surface area contributed by atoms with E-state index in [9.17, 15) is 17.4 Å². The molecule has 0 fully saturated rings. The van der Waals surface area contributed by atoms with E-state index in [1.54, 1.807) is 13.2 Å². The fourth-order valence-electron chi connectivity index (χ4n) is 1.48. The molecule has 0 aliphatic rings. The van der Waals surface area contributed by atoms with Crippen LogP contribution < -0.4 is 11.1 Å². The summed E-state index contributed by atoms with van der Waals surface area (Å²) in [5.74, 6) is 0. The van der Waals surface area contributed by atoms with Gasteiger partial charge in [0.25, 0.3) is 0 Å². The Kier molecular flexibility index (Phi) is 5.52. The van der Waals surface area contributed by atoms with Crippen molar-refractivity contribution in [2.45, 2.75) is 18.3 Å². The smallest absolute Gasteiger partial charge is 0.389 e. The van der Waals surface area contributed by atoms with Crippen LogP contribution in [-0.4, -0.2) is 27.2 Å². The molecule has 0 amide bonds. The predicted octanol–water partition coefficient (Wildman–Crippen LogP) is 2.52. The van der Waals surface area contributed by atoms with E-state index in [4.69, 9.17) is 5.73 Å². The highest BCUT2D eigenvalue weighted by molar-refractivity contribution is 7.84. The Bertz CT molecular complexity index is 532. The zero-order chi connectivity index (χ0) is 15.5. The molecule has 0 aliphatic carbocycles. The van der Waals surface area contributed by atoms with Gasteiger partial charge < -0.3 is 11.1 Å². The van der Waals surface area contributed by atoms with Crippen LogP contribution in [0.1, 0.15) is 18.1 Å². The van der Waals surface area contributed by atoms with Crippen molar-refractivity contribution in [3.05, 3.63) is 29.3 Å². The molecule has 0 aromatic heterocycles. The van der Waals surface area contributed by atoms with Crippen molar-refractivity contribution in [3.8, 4) is 0 Å². The van der Waals surface area contributed by atoms with Gasteiger partial charge in [0.1, 0.15) is 4.99 Å². The normalized spacial score (nSPS) is 14.7. The molecule has 3 nitrogen and oxygen atoms in total. The summed E-state index contributed by atoms with van der Waals surface area (Å²) in [5, 5.41) is 2.66. The topological polar surface area (TPSA) is 55.1 Å². The van der Waals surface area contributed by atoms with E-state index in [-0.39, 0.29) is 21.5 Å². The Morgan fingerprint density at radius 1 is 1.50 bits per heavy atom. The first-order valence-corrected chi connectivity index (χ1v) is 7.73. The van der Waals surface area contributed by atoms with Crippen LogP contribution in [0.3, 0.4) is 0 Å². The highest BCUT2D eigenvalue weighted by Crippen LogP contribution is 2.33. The second-order valence-corrected chi connectivity index (χ2v) is 6.55. The molecule has 2 unspecified atom stereocenters. The molecule has 20 heavy (non-hydrogen) atoms. The van der Waals surface area contributed by atoms with Crippen LogP contribution >= 0.6 is 12.2 Å². The molecule has 0 saturated carbocycles. The van der Waals surface area contributed by atoms with Crippen LogP contribution in [0.15, 0.2) is 18.2 Å². The van der Waals surface area contributed by atoms with Crippen molar-refractivity contribution in [2.75, 3.05) is 18.1 Å². The van der Waals surface area contributed by atoms with Crippen molar-refractivity contribution < 1.29 is 17.4 Å². The number of hydrogen-bond donors (Lipinski definition) is 2. The predicted molar refractivity (Wildman–Crippen MR) is 79.3 cm³/mol. The number of rotatable bonds is 5. The van der Waals surface area contributed by atoms with E-state index >= 15 is 0 Å². The summed E-state index contributed by atoms with van der Waals surface area (Å²) < 4.78 is 50.0. The first kappa shape index (κ1) is 16.9. The Hall–Kier alpha value is -1.15. The average molecular weight is 324 g/mol. The SMILES string of the molecule is CC(CNc1ccc(C(N)=S)c(C(F)(F)F)c1)S(C)=O. The summed E-state index contributed by atoms with van der Waals surface area (Å²) >= 11 is 4.62. The van der Waals surface area contributed by atoms with Crippen LogP contribution in [0, 0.1) is 0 Å². The summed E-state index contributed by atoms with van der Waals surface area (Å²) in [4.78, 5) is -0.299. The maximum Gasteiger partial charge on any atom is 0.417 e. The van der Waals surface area contributed by atoms with Crippen molar-refractivity contribution in [2.24, 2.45) is 5.73 Å². The number of halogens is 3. The van der Waals surface area contributed by atoms with Crippen molar-refractivity contribution in [1.82, 2.24) is 0 Å². The molecule has 0 radical (unpaired) electrons. The van der Waals surface area contributed by atoms with Gasteiger partial charge in [0.15, 0.2) is 0 Å². The van der Waals surface area contributed by atoms with Crippen molar-refractivity contribution in [1.29, 1.82) is 0 Å². The molecule has 1 rings (SSSR count). The minimum atomic E-state index is -4.53. The first-order chi connectivity index (χ1) is 9.12. The summed E-state index contributed by atoms with van der Waals surface area (Å²) in [6.07, 6.45) is -2.99. The molecular formula is C12H15F3N2OS2. The van der Waals surface area contributed by atoms with Gasteiger partial charge in [-0.05, 0) is 25.1 Å². The highest BCUT2D eigenvalue weighted by Gasteiger charge is 2.34. The van der Waals surface area contributed by atoms with E-state index in [0.29, 0.717) is 6.54 Å². The number of thiocarbonyl (C=S) groups is 1. The molecule has 0 aliphatic heterocycles. The van der Waals surface area contributed by atoms with Gasteiger partial charge in [-0.25, -0.2) is 0 Å². The molecule has 0 heterocycles. The van der Waals surface area contributed by atoms with Gasteiger partial charge in [-0.1, -0.05) is 12.2 Å². The number of anilines is 1. The summed E-state index contributed by atoms with van der Waals surface area (Å²) in [6.45, 7) is 2.06. The lowest BCUT2D eigenvalue weighted by Crippen LogP contribution is -2.22. The lowest BCUT2D eigenvalue weighted by molar-refractivity contribution is -0.137. The molecular weight excluding hydrogens is 309 g/mol. The number of benzene rings is 1. The van der Waals surface area contributed by atoms with E-state index in [0.717, 1.165) is 6.07 Å². The monoisotopic (exact) mass is 324 g/mol. The Labute approximate surface area is 123 Å². The van der Waals surface area contributed by atoms with Gasteiger partial charge in [-0.3, -0.25) is 4.21 Å². The number of nitrogens with two attached hydrogens (primary N) is 1. The van der Waals surface area contributed by atoms with Crippen molar-refractivity contribution >= 4 is 33.7 Å². The number of hydrogen-bond acceptors (Lipinski definition) is 3. The molecule has 2 atom stereocenters. The fourth-order valence-corrected chi connectivity index (χ4v) is 1.98. The zero-order valence-corrected chi connectivity index (χ0v) is 12.6. The third kappa shape index (κ3) is 4.45. The average Bonchev–Trinajstić information content (AvgIpc) is 2.34. The minimum absolute atomic E-state index is 0.167.